The topological polar surface area (TPSA) is 123 Å². The molecule has 9 heteroatoms. The first-order valence-electron chi connectivity index (χ1n) is 9.11. The Balaban J connectivity index is 1.78. The third kappa shape index (κ3) is 6.72. The van der Waals surface area contributed by atoms with Crippen LogP contribution in [0.25, 0.3) is 0 Å². The van der Waals surface area contributed by atoms with Crippen LogP contribution in [0.15, 0.2) is 29.2 Å². The molecular weight excluding hydrogens is 382 g/mol. The molecule has 2 N–H and O–H groups in total. The van der Waals surface area contributed by atoms with Crippen molar-refractivity contribution in [1.29, 1.82) is 5.41 Å². The third-order valence-electron chi connectivity index (χ3n) is 4.34. The number of hydrogen-bond donors (Lipinski definition) is 2. The zero-order chi connectivity index (χ0) is 20.9. The molecule has 0 bridgehead atoms. The van der Waals surface area contributed by atoms with E-state index in [1.807, 2.05) is 20.8 Å². The fourth-order valence-electron chi connectivity index (χ4n) is 2.90. The molecule has 1 aliphatic rings. The minimum atomic E-state index is -2.32. The summed E-state index contributed by atoms with van der Waals surface area (Å²) in [6.45, 7) is 6.55. The number of hydrogen-bond acceptors (Lipinski definition) is 6. The molecule has 0 saturated carbocycles. The van der Waals surface area contributed by atoms with E-state index in [0.29, 0.717) is 31.5 Å². The molecule has 1 heterocycles. The Morgan fingerprint density at radius 1 is 1.25 bits per heavy atom. The quantitative estimate of drug-likeness (QED) is 0.450. The van der Waals surface area contributed by atoms with Crippen molar-refractivity contribution in [2.24, 2.45) is 5.92 Å². The van der Waals surface area contributed by atoms with Gasteiger partial charge in [-0.15, -0.1) is 0 Å². The number of piperidine rings is 1. The minimum absolute atomic E-state index is 0.0700. The fraction of sp³-hybridized carbons (Fsp3) is 0.526. The van der Waals surface area contributed by atoms with Crippen LogP contribution in [0.2, 0.25) is 0 Å². The Kier molecular flexibility index (Phi) is 7.31. The molecule has 28 heavy (non-hydrogen) atoms. The van der Waals surface area contributed by atoms with E-state index in [-0.39, 0.29) is 35.1 Å². The number of carbonyl (C=O) groups excluding carboxylic acids is 2. The lowest BCUT2D eigenvalue weighted by Crippen LogP contribution is -2.42. The van der Waals surface area contributed by atoms with Crippen LogP contribution in [0, 0.1) is 11.3 Å². The Labute approximate surface area is 167 Å². The maximum Gasteiger partial charge on any atom is 0.410 e. The summed E-state index contributed by atoms with van der Waals surface area (Å²) in [4.78, 5) is 26.1. The summed E-state index contributed by atoms with van der Waals surface area (Å²) in [7, 11) is 0. The van der Waals surface area contributed by atoms with Crippen LogP contribution in [-0.4, -0.2) is 50.2 Å². The minimum Gasteiger partial charge on any atom is -0.768 e. The summed E-state index contributed by atoms with van der Waals surface area (Å²) in [5.41, 5.74) is -0.0999. The van der Waals surface area contributed by atoms with Gasteiger partial charge in [0.15, 0.2) is 0 Å². The van der Waals surface area contributed by atoms with Crippen molar-refractivity contribution in [1.82, 2.24) is 10.2 Å². The summed E-state index contributed by atoms with van der Waals surface area (Å²) >= 11 is -2.32. The lowest BCUT2D eigenvalue weighted by atomic mass is 9.93. The molecule has 1 saturated heterocycles. The largest absolute Gasteiger partial charge is 0.768 e. The number of benzene rings is 1. The first-order valence-corrected chi connectivity index (χ1v) is 10.2. The molecular formula is C19H26N3O5S-. The SMILES string of the molecule is CC(C)(C)OC(=O)N1CCC(CC(=O)NC(=N)c2ccc(S(=O)[O-])cc2)CC1. The molecule has 1 atom stereocenters. The zero-order valence-electron chi connectivity index (χ0n) is 16.3. The van der Waals surface area contributed by atoms with Crippen molar-refractivity contribution in [3.63, 3.8) is 0 Å². The number of carbonyl (C=O) groups is 2. The standard InChI is InChI=1S/C19H27N3O5S/c1-19(2,3)27-18(24)22-10-8-13(9-11-22)12-16(23)21-17(20)14-4-6-15(7-5-14)28(25)26/h4-7,13H,8-12H2,1-3H3,(H,25,26)(H2,20,21,23)/p-1. The van der Waals surface area contributed by atoms with Gasteiger partial charge in [-0.3, -0.25) is 14.4 Å². The second-order valence-corrected chi connectivity index (χ2v) is 8.74. The molecule has 2 rings (SSSR count). The Hall–Kier alpha value is -2.26. The first-order chi connectivity index (χ1) is 13.0. The fourth-order valence-corrected chi connectivity index (χ4v) is 3.26. The van der Waals surface area contributed by atoms with Gasteiger partial charge in [0, 0.05) is 30.0 Å². The Morgan fingerprint density at radius 3 is 2.32 bits per heavy atom. The molecule has 8 nitrogen and oxygen atoms in total. The van der Waals surface area contributed by atoms with Crippen LogP contribution in [-0.2, 0) is 20.6 Å². The highest BCUT2D eigenvalue weighted by atomic mass is 32.2. The van der Waals surface area contributed by atoms with Crippen LogP contribution in [0.4, 0.5) is 4.79 Å². The number of ether oxygens (including phenoxy) is 1. The van der Waals surface area contributed by atoms with Gasteiger partial charge in [0.1, 0.15) is 11.4 Å². The van der Waals surface area contributed by atoms with Gasteiger partial charge in [0.05, 0.1) is 0 Å². The van der Waals surface area contributed by atoms with Crippen LogP contribution >= 0.6 is 0 Å². The molecule has 1 aliphatic heterocycles. The molecule has 2 amide bonds. The molecule has 0 spiro atoms. The van der Waals surface area contributed by atoms with E-state index in [2.05, 4.69) is 5.32 Å². The molecule has 1 unspecified atom stereocenters. The molecule has 1 fully saturated rings. The van der Waals surface area contributed by atoms with Crippen LogP contribution in [0.1, 0.15) is 45.6 Å². The van der Waals surface area contributed by atoms with Crippen molar-refractivity contribution < 1.29 is 23.1 Å². The van der Waals surface area contributed by atoms with Gasteiger partial charge in [0.2, 0.25) is 5.91 Å². The molecule has 1 aromatic carbocycles. The summed E-state index contributed by atoms with van der Waals surface area (Å²) in [5, 5.41) is 10.5. The van der Waals surface area contributed by atoms with E-state index in [9.17, 15) is 18.4 Å². The van der Waals surface area contributed by atoms with Crippen molar-refractivity contribution in [3.05, 3.63) is 29.8 Å². The van der Waals surface area contributed by atoms with Gasteiger partial charge < -0.3 is 19.5 Å². The van der Waals surface area contributed by atoms with E-state index in [1.165, 1.54) is 24.3 Å². The molecule has 154 valence electrons. The van der Waals surface area contributed by atoms with Crippen molar-refractivity contribution in [2.75, 3.05) is 13.1 Å². The second-order valence-electron chi connectivity index (χ2n) is 7.80. The third-order valence-corrected chi connectivity index (χ3v) is 5.00. The van der Waals surface area contributed by atoms with Gasteiger partial charge >= 0.3 is 6.09 Å². The van der Waals surface area contributed by atoms with Gasteiger partial charge in [-0.2, -0.15) is 0 Å². The number of nitrogens with one attached hydrogen (secondary N) is 2. The average molecular weight is 409 g/mol. The van der Waals surface area contributed by atoms with Gasteiger partial charge in [-0.25, -0.2) is 4.79 Å². The van der Waals surface area contributed by atoms with Gasteiger partial charge in [0.25, 0.3) is 0 Å². The van der Waals surface area contributed by atoms with Gasteiger partial charge in [-0.05, 0) is 62.7 Å². The molecule has 0 aromatic heterocycles. The number of amides is 2. The average Bonchev–Trinajstić information content (AvgIpc) is 2.60. The highest BCUT2D eigenvalue weighted by Crippen LogP contribution is 2.22. The lowest BCUT2D eigenvalue weighted by Gasteiger charge is -2.33. The normalized spacial score (nSPS) is 16.4. The molecule has 0 aliphatic carbocycles. The maximum absolute atomic E-state index is 12.2. The summed E-state index contributed by atoms with van der Waals surface area (Å²) < 4.78 is 27.1. The first kappa shape index (κ1) is 22.0. The van der Waals surface area contributed by atoms with Crippen LogP contribution in [0.5, 0.6) is 0 Å². The maximum atomic E-state index is 12.2. The Morgan fingerprint density at radius 2 is 1.82 bits per heavy atom. The Bertz CT molecular complexity index is 750. The van der Waals surface area contributed by atoms with Gasteiger partial charge in [-0.1, -0.05) is 12.1 Å². The van der Waals surface area contributed by atoms with E-state index in [0.717, 1.165) is 0 Å². The van der Waals surface area contributed by atoms with E-state index < -0.39 is 16.7 Å². The second kappa shape index (κ2) is 9.29. The van der Waals surface area contributed by atoms with Crippen LogP contribution < -0.4 is 5.32 Å². The number of amidine groups is 1. The molecule has 1 aromatic rings. The highest BCUT2D eigenvalue weighted by Gasteiger charge is 2.27. The van der Waals surface area contributed by atoms with Crippen LogP contribution in [0.3, 0.4) is 0 Å². The molecule has 0 radical (unpaired) electrons. The van der Waals surface area contributed by atoms with Crippen molar-refractivity contribution in [2.45, 2.75) is 50.5 Å². The number of nitrogens with zero attached hydrogens (tertiary/aromatic N) is 1. The highest BCUT2D eigenvalue weighted by molar-refractivity contribution is 7.79. The predicted octanol–water partition coefficient (Wildman–Crippen LogP) is 2.40. The summed E-state index contributed by atoms with van der Waals surface area (Å²) in [5.74, 6) is -0.201. The predicted molar refractivity (Wildman–Crippen MR) is 104 cm³/mol. The number of likely N-dealkylation sites (tertiary alicyclic amines) is 1. The zero-order valence-corrected chi connectivity index (χ0v) is 17.1. The lowest BCUT2D eigenvalue weighted by molar-refractivity contribution is -0.120. The smallest absolute Gasteiger partial charge is 0.410 e. The monoisotopic (exact) mass is 408 g/mol. The van der Waals surface area contributed by atoms with Crippen molar-refractivity contribution in [3.8, 4) is 0 Å². The van der Waals surface area contributed by atoms with E-state index in [1.54, 1.807) is 4.90 Å². The van der Waals surface area contributed by atoms with E-state index in [4.69, 9.17) is 10.1 Å². The van der Waals surface area contributed by atoms with Crippen molar-refractivity contribution >= 4 is 28.9 Å². The van der Waals surface area contributed by atoms with E-state index >= 15 is 0 Å². The summed E-state index contributed by atoms with van der Waals surface area (Å²) in [6, 6.07) is 5.72. The summed E-state index contributed by atoms with van der Waals surface area (Å²) in [6.07, 6.45) is 1.33. The number of rotatable bonds is 4.